The summed E-state index contributed by atoms with van der Waals surface area (Å²) in [5.74, 6) is 1.04. The van der Waals surface area contributed by atoms with Crippen LogP contribution >= 0.6 is 23.1 Å². The number of nitrogen functional groups attached to an aromatic ring is 1. The van der Waals surface area contributed by atoms with E-state index in [9.17, 15) is 0 Å². The number of nitrogens with zero attached hydrogens (tertiary/aromatic N) is 1. The van der Waals surface area contributed by atoms with Crippen LogP contribution in [0.3, 0.4) is 0 Å². The minimum absolute atomic E-state index is 0.810. The number of hydrogen-bond acceptors (Lipinski definition) is 4. The van der Waals surface area contributed by atoms with E-state index in [0.717, 1.165) is 27.9 Å². The van der Waals surface area contributed by atoms with Gasteiger partial charge in [-0.05, 0) is 18.9 Å². The third-order valence-corrected chi connectivity index (χ3v) is 6.20. The van der Waals surface area contributed by atoms with E-state index < -0.39 is 0 Å². The molecule has 2 N–H and O–H groups in total. The van der Waals surface area contributed by atoms with Gasteiger partial charge in [0.15, 0.2) is 0 Å². The van der Waals surface area contributed by atoms with Crippen molar-refractivity contribution in [2.24, 2.45) is 0 Å². The smallest absolute Gasteiger partial charge is 0.103 e. The Labute approximate surface area is 128 Å². The van der Waals surface area contributed by atoms with Crippen LogP contribution in [0.4, 0.5) is 5.69 Å². The standard InChI is InChI=1S/C16H20N2S2/c17-14-9-5-4-8-13(14)15-10-20-16(18-15)11-19-12-6-2-1-3-7-12/h4-5,8-10,12H,1-3,6-7,11,17H2. The van der Waals surface area contributed by atoms with E-state index in [2.05, 4.69) is 17.1 Å². The molecule has 0 radical (unpaired) electrons. The predicted octanol–water partition coefficient (Wildman–Crippen LogP) is 4.96. The Morgan fingerprint density at radius 3 is 2.80 bits per heavy atom. The first-order chi connectivity index (χ1) is 9.83. The van der Waals surface area contributed by atoms with Crippen molar-refractivity contribution in [2.75, 3.05) is 5.73 Å². The van der Waals surface area contributed by atoms with Crippen LogP contribution in [0.2, 0.25) is 0 Å². The lowest BCUT2D eigenvalue weighted by Crippen LogP contribution is -2.08. The maximum atomic E-state index is 6.01. The van der Waals surface area contributed by atoms with Crippen molar-refractivity contribution in [1.29, 1.82) is 0 Å². The van der Waals surface area contributed by atoms with Crippen LogP contribution in [0.1, 0.15) is 37.1 Å². The van der Waals surface area contributed by atoms with Gasteiger partial charge in [0.2, 0.25) is 0 Å². The number of rotatable bonds is 4. The number of aromatic nitrogens is 1. The molecule has 0 unspecified atom stereocenters. The summed E-state index contributed by atoms with van der Waals surface area (Å²) in [6.45, 7) is 0. The number of anilines is 1. The number of hydrogen-bond donors (Lipinski definition) is 1. The van der Waals surface area contributed by atoms with Gasteiger partial charge in [-0.2, -0.15) is 11.8 Å². The van der Waals surface area contributed by atoms with E-state index in [-0.39, 0.29) is 0 Å². The first-order valence-corrected chi connectivity index (χ1v) is 9.16. The number of nitrogens with two attached hydrogens (primary N) is 1. The van der Waals surface area contributed by atoms with Gasteiger partial charge >= 0.3 is 0 Å². The van der Waals surface area contributed by atoms with Crippen LogP contribution in [-0.4, -0.2) is 10.2 Å². The van der Waals surface area contributed by atoms with Gasteiger partial charge < -0.3 is 5.73 Å². The molecule has 106 valence electrons. The highest BCUT2D eigenvalue weighted by molar-refractivity contribution is 7.99. The van der Waals surface area contributed by atoms with E-state index in [4.69, 9.17) is 10.7 Å². The van der Waals surface area contributed by atoms with Gasteiger partial charge in [0, 0.05) is 27.6 Å². The van der Waals surface area contributed by atoms with Gasteiger partial charge in [-0.25, -0.2) is 4.98 Å². The third-order valence-electron chi connectivity index (χ3n) is 3.78. The minimum atomic E-state index is 0.810. The Hall–Kier alpha value is -1.00. The first kappa shape index (κ1) is 14.0. The van der Waals surface area contributed by atoms with Crippen molar-refractivity contribution in [3.05, 3.63) is 34.7 Å². The fraction of sp³-hybridized carbons (Fsp3) is 0.438. The molecule has 3 rings (SSSR count). The van der Waals surface area contributed by atoms with Crippen molar-refractivity contribution in [2.45, 2.75) is 43.1 Å². The molecule has 20 heavy (non-hydrogen) atoms. The van der Waals surface area contributed by atoms with Crippen LogP contribution < -0.4 is 5.73 Å². The zero-order chi connectivity index (χ0) is 13.8. The molecule has 0 bridgehead atoms. The maximum absolute atomic E-state index is 6.01. The quantitative estimate of drug-likeness (QED) is 0.812. The Morgan fingerprint density at radius 2 is 2.00 bits per heavy atom. The summed E-state index contributed by atoms with van der Waals surface area (Å²) < 4.78 is 0. The second kappa shape index (κ2) is 6.64. The van der Waals surface area contributed by atoms with Crippen molar-refractivity contribution in [3.8, 4) is 11.3 Å². The van der Waals surface area contributed by atoms with E-state index >= 15 is 0 Å². The lowest BCUT2D eigenvalue weighted by molar-refractivity contribution is 0.516. The van der Waals surface area contributed by atoms with Crippen LogP contribution in [0, 0.1) is 0 Å². The molecule has 1 aromatic heterocycles. The SMILES string of the molecule is Nc1ccccc1-c1csc(CSC2CCCCC2)n1. The molecule has 2 nitrogen and oxygen atoms in total. The molecular weight excluding hydrogens is 284 g/mol. The summed E-state index contributed by atoms with van der Waals surface area (Å²) in [6.07, 6.45) is 7.00. The zero-order valence-electron chi connectivity index (χ0n) is 11.5. The van der Waals surface area contributed by atoms with Crippen molar-refractivity contribution < 1.29 is 0 Å². The number of benzene rings is 1. The topological polar surface area (TPSA) is 38.9 Å². The Morgan fingerprint density at radius 1 is 1.20 bits per heavy atom. The van der Waals surface area contributed by atoms with E-state index in [0.29, 0.717) is 0 Å². The Bertz CT molecular complexity index is 559. The molecule has 0 saturated heterocycles. The largest absolute Gasteiger partial charge is 0.398 e. The van der Waals surface area contributed by atoms with Crippen LogP contribution in [-0.2, 0) is 5.75 Å². The molecule has 1 saturated carbocycles. The number of thioether (sulfide) groups is 1. The molecule has 0 spiro atoms. The molecule has 0 amide bonds. The van der Waals surface area contributed by atoms with E-state index in [1.165, 1.54) is 37.1 Å². The molecular formula is C16H20N2S2. The molecule has 1 fully saturated rings. The number of para-hydroxylation sites is 1. The average Bonchev–Trinajstić information content (AvgIpc) is 2.95. The Balaban J connectivity index is 1.63. The van der Waals surface area contributed by atoms with Crippen LogP contribution in [0.15, 0.2) is 29.6 Å². The second-order valence-corrected chi connectivity index (χ2v) is 7.52. The van der Waals surface area contributed by atoms with Crippen molar-refractivity contribution in [1.82, 2.24) is 4.98 Å². The van der Waals surface area contributed by atoms with E-state index in [1.54, 1.807) is 11.3 Å². The number of thiazole rings is 1. The predicted molar refractivity (Wildman–Crippen MR) is 90.1 cm³/mol. The summed E-state index contributed by atoms with van der Waals surface area (Å²) in [5.41, 5.74) is 8.90. The van der Waals surface area contributed by atoms with Gasteiger partial charge in [0.25, 0.3) is 0 Å². The van der Waals surface area contributed by atoms with Gasteiger partial charge in [0.05, 0.1) is 5.69 Å². The second-order valence-electron chi connectivity index (χ2n) is 5.28. The normalized spacial score (nSPS) is 16.4. The molecule has 1 aliphatic carbocycles. The molecule has 0 aliphatic heterocycles. The van der Waals surface area contributed by atoms with Crippen LogP contribution in [0.5, 0.6) is 0 Å². The third kappa shape index (κ3) is 3.36. The van der Waals surface area contributed by atoms with Gasteiger partial charge in [-0.1, -0.05) is 37.5 Å². The van der Waals surface area contributed by atoms with Crippen molar-refractivity contribution >= 4 is 28.8 Å². The van der Waals surface area contributed by atoms with Gasteiger partial charge in [0.1, 0.15) is 5.01 Å². The zero-order valence-corrected chi connectivity index (χ0v) is 13.2. The fourth-order valence-electron chi connectivity index (χ4n) is 2.65. The highest BCUT2D eigenvalue weighted by Crippen LogP contribution is 2.33. The maximum Gasteiger partial charge on any atom is 0.103 e. The van der Waals surface area contributed by atoms with E-state index in [1.807, 2.05) is 24.3 Å². The van der Waals surface area contributed by atoms with Crippen molar-refractivity contribution in [3.63, 3.8) is 0 Å². The molecule has 2 aromatic rings. The molecule has 4 heteroatoms. The van der Waals surface area contributed by atoms with Crippen LogP contribution in [0.25, 0.3) is 11.3 Å². The fourth-order valence-corrected chi connectivity index (χ4v) is 4.82. The highest BCUT2D eigenvalue weighted by Gasteiger charge is 2.15. The van der Waals surface area contributed by atoms with Gasteiger partial charge in [-0.15, -0.1) is 11.3 Å². The minimum Gasteiger partial charge on any atom is -0.398 e. The summed E-state index contributed by atoms with van der Waals surface area (Å²) >= 11 is 3.83. The summed E-state index contributed by atoms with van der Waals surface area (Å²) in [4.78, 5) is 4.74. The molecule has 1 aromatic carbocycles. The lowest BCUT2D eigenvalue weighted by atomic mass is 10.0. The summed E-state index contributed by atoms with van der Waals surface area (Å²) in [6, 6.07) is 7.96. The van der Waals surface area contributed by atoms with Gasteiger partial charge in [-0.3, -0.25) is 0 Å². The Kier molecular flexibility index (Phi) is 4.63. The average molecular weight is 304 g/mol. The molecule has 1 heterocycles. The first-order valence-electron chi connectivity index (χ1n) is 7.24. The lowest BCUT2D eigenvalue weighted by Gasteiger charge is -2.20. The molecule has 0 atom stereocenters. The summed E-state index contributed by atoms with van der Waals surface area (Å²) in [5, 5.41) is 4.19. The molecule has 1 aliphatic rings. The monoisotopic (exact) mass is 304 g/mol. The highest BCUT2D eigenvalue weighted by atomic mass is 32.2. The summed E-state index contributed by atoms with van der Waals surface area (Å²) in [7, 11) is 0.